The van der Waals surface area contributed by atoms with Crippen LogP contribution in [-0.2, 0) is 12.0 Å². The number of aromatic hydroxyl groups is 1. The van der Waals surface area contributed by atoms with Gasteiger partial charge in [0.15, 0.2) is 0 Å². The van der Waals surface area contributed by atoms with Crippen molar-refractivity contribution in [1.82, 2.24) is 15.1 Å². The molecular weight excluding hydrogens is 500 g/mol. The van der Waals surface area contributed by atoms with E-state index in [0.717, 1.165) is 41.6 Å². The highest BCUT2D eigenvalue weighted by atomic mass is 16.3. The van der Waals surface area contributed by atoms with E-state index in [0.29, 0.717) is 29.1 Å². The van der Waals surface area contributed by atoms with Crippen LogP contribution in [0.1, 0.15) is 78.7 Å². The van der Waals surface area contributed by atoms with Crippen LogP contribution in [0.25, 0.3) is 11.3 Å². The van der Waals surface area contributed by atoms with Gasteiger partial charge >= 0.3 is 6.03 Å². The molecule has 1 heterocycles. The molecule has 3 aromatic carbocycles. The maximum Gasteiger partial charge on any atom is 0.342 e. The number of anilines is 1. The molecule has 0 atom stereocenters. The number of phenols is 1. The highest BCUT2D eigenvalue weighted by molar-refractivity contribution is 6.04. The maximum atomic E-state index is 13.2. The Labute approximate surface area is 235 Å². The van der Waals surface area contributed by atoms with Crippen molar-refractivity contribution < 1.29 is 14.7 Å². The van der Waals surface area contributed by atoms with Crippen LogP contribution in [0.4, 0.5) is 10.5 Å². The highest BCUT2D eigenvalue weighted by Gasteiger charge is 2.27. The van der Waals surface area contributed by atoms with Crippen molar-refractivity contribution in [2.45, 2.75) is 64.8 Å². The molecule has 1 aliphatic carbocycles. The average Bonchev–Trinajstić information content (AvgIpc) is 3.31. The summed E-state index contributed by atoms with van der Waals surface area (Å²) in [5.41, 5.74) is 6.19. The van der Waals surface area contributed by atoms with Gasteiger partial charge in [0.05, 0.1) is 11.4 Å². The number of hydrogen-bond acceptors (Lipinski definition) is 4. The molecular formula is C33H36N4O3. The first-order valence-electron chi connectivity index (χ1n) is 13.8. The van der Waals surface area contributed by atoms with Gasteiger partial charge in [0.25, 0.3) is 5.91 Å². The molecule has 1 saturated carbocycles. The van der Waals surface area contributed by atoms with E-state index in [1.165, 1.54) is 10.7 Å². The van der Waals surface area contributed by atoms with Gasteiger partial charge < -0.3 is 15.7 Å². The summed E-state index contributed by atoms with van der Waals surface area (Å²) in [4.78, 5) is 26.0. The molecule has 7 nitrogen and oxygen atoms in total. The molecule has 206 valence electrons. The second kappa shape index (κ2) is 11.0. The lowest BCUT2D eigenvalue weighted by atomic mass is 9.82. The Bertz CT molecular complexity index is 1540. The molecule has 40 heavy (non-hydrogen) atoms. The lowest BCUT2D eigenvalue weighted by molar-refractivity contribution is 0.102. The van der Waals surface area contributed by atoms with E-state index < -0.39 is 0 Å². The quantitative estimate of drug-likeness (QED) is 0.244. The van der Waals surface area contributed by atoms with Crippen molar-refractivity contribution in [3.05, 3.63) is 101 Å². The minimum absolute atomic E-state index is 0.00369. The summed E-state index contributed by atoms with van der Waals surface area (Å²) in [5, 5.41) is 21.3. The number of aryl methyl sites for hydroxylation is 1. The van der Waals surface area contributed by atoms with Crippen molar-refractivity contribution in [2.75, 3.05) is 5.32 Å². The van der Waals surface area contributed by atoms with Gasteiger partial charge in [-0.1, -0.05) is 63.6 Å². The Balaban J connectivity index is 1.33. The zero-order valence-electron chi connectivity index (χ0n) is 23.5. The Hall–Kier alpha value is -4.39. The lowest BCUT2D eigenvalue weighted by Crippen LogP contribution is -2.31. The first kappa shape index (κ1) is 27.2. The molecule has 4 aromatic rings. The largest absolute Gasteiger partial charge is 0.507 e. The molecule has 0 saturated heterocycles. The maximum absolute atomic E-state index is 13.2. The zero-order chi connectivity index (χ0) is 28.4. The topological polar surface area (TPSA) is 96.3 Å². The Morgan fingerprint density at radius 1 is 1.00 bits per heavy atom. The molecule has 0 unspecified atom stereocenters. The van der Waals surface area contributed by atoms with Gasteiger partial charge in [-0.05, 0) is 72.2 Å². The fraction of sp³-hybridized carbons (Fsp3) is 0.303. The van der Waals surface area contributed by atoms with Crippen LogP contribution in [0, 0.1) is 6.92 Å². The molecule has 0 aliphatic heterocycles. The normalized spacial score (nSPS) is 13.5. The minimum Gasteiger partial charge on any atom is -0.507 e. The molecule has 1 aliphatic rings. The molecule has 0 radical (unpaired) electrons. The van der Waals surface area contributed by atoms with Crippen molar-refractivity contribution in [1.29, 1.82) is 0 Å². The summed E-state index contributed by atoms with van der Waals surface area (Å²) in [5.74, 6) is -0.0173. The van der Waals surface area contributed by atoms with Crippen molar-refractivity contribution in [3.63, 3.8) is 0 Å². The number of benzene rings is 3. The smallest absolute Gasteiger partial charge is 0.342 e. The van der Waals surface area contributed by atoms with E-state index in [1.807, 2.05) is 61.5 Å². The monoisotopic (exact) mass is 536 g/mol. The van der Waals surface area contributed by atoms with Crippen LogP contribution in [0.5, 0.6) is 5.75 Å². The minimum atomic E-state index is -0.294. The number of nitrogens with one attached hydrogen (secondary N) is 2. The summed E-state index contributed by atoms with van der Waals surface area (Å²) < 4.78 is 1.44. The number of amides is 2. The SMILES string of the molecule is Cc1ccccc1CNC(=O)n1nc(-c2ccc(NC(=O)c3ccc(C(C)(C)C)cc3)cc2O)cc1C1CCC1. The number of aromatic nitrogens is 2. The van der Waals surface area contributed by atoms with Crippen LogP contribution in [0.2, 0.25) is 0 Å². The Morgan fingerprint density at radius 3 is 2.35 bits per heavy atom. The average molecular weight is 537 g/mol. The third-order valence-corrected chi connectivity index (χ3v) is 7.69. The van der Waals surface area contributed by atoms with Gasteiger partial charge in [-0.15, -0.1) is 0 Å². The van der Waals surface area contributed by atoms with Gasteiger partial charge in [-0.3, -0.25) is 4.79 Å². The van der Waals surface area contributed by atoms with Gasteiger partial charge in [-0.25, -0.2) is 4.79 Å². The molecule has 5 rings (SSSR count). The molecule has 7 heteroatoms. The van der Waals surface area contributed by atoms with Gasteiger partial charge in [0.2, 0.25) is 0 Å². The molecule has 0 bridgehead atoms. The zero-order valence-corrected chi connectivity index (χ0v) is 23.5. The van der Waals surface area contributed by atoms with Gasteiger partial charge in [0.1, 0.15) is 5.75 Å². The lowest BCUT2D eigenvalue weighted by Gasteiger charge is -2.25. The standard InChI is InChI=1S/C33H36N4O3/c1-21-8-5-6-9-24(21)20-34-32(40)37-29(22-10-7-11-22)19-28(36-37)27-17-16-26(18-30(27)38)35-31(39)23-12-14-25(15-13-23)33(2,3)4/h5-6,8-9,12-19,22,38H,7,10-11,20H2,1-4H3,(H,34,40)(H,35,39). The van der Waals surface area contributed by atoms with Crippen LogP contribution >= 0.6 is 0 Å². The molecule has 3 N–H and O–H groups in total. The van der Waals surface area contributed by atoms with Crippen LogP contribution in [0.3, 0.4) is 0 Å². The summed E-state index contributed by atoms with van der Waals surface area (Å²) in [6, 6.07) is 22.0. The third kappa shape index (κ3) is 5.78. The van der Waals surface area contributed by atoms with Crippen LogP contribution in [-0.4, -0.2) is 26.8 Å². The summed E-state index contributed by atoms with van der Waals surface area (Å²) in [6.45, 7) is 8.81. The fourth-order valence-corrected chi connectivity index (χ4v) is 4.89. The molecule has 2 amide bonds. The van der Waals surface area contributed by atoms with E-state index in [-0.39, 0.29) is 29.0 Å². The number of carbonyl (C=O) groups is 2. The predicted octanol–water partition coefficient (Wildman–Crippen LogP) is 7.14. The van der Waals surface area contributed by atoms with Crippen LogP contribution < -0.4 is 10.6 Å². The highest BCUT2D eigenvalue weighted by Crippen LogP contribution is 2.39. The fourth-order valence-electron chi connectivity index (χ4n) is 4.89. The third-order valence-electron chi connectivity index (χ3n) is 7.69. The number of hydrogen-bond donors (Lipinski definition) is 3. The van der Waals surface area contributed by atoms with E-state index in [2.05, 4.69) is 36.5 Å². The van der Waals surface area contributed by atoms with E-state index >= 15 is 0 Å². The first-order valence-corrected chi connectivity index (χ1v) is 13.8. The molecule has 1 fully saturated rings. The van der Waals surface area contributed by atoms with Gasteiger partial charge in [-0.2, -0.15) is 9.78 Å². The summed E-state index contributed by atoms with van der Waals surface area (Å²) in [7, 11) is 0. The Morgan fingerprint density at radius 2 is 1.73 bits per heavy atom. The number of phenolic OH excluding ortho intramolecular Hbond substituents is 1. The number of rotatable bonds is 6. The van der Waals surface area contributed by atoms with Gasteiger partial charge in [0, 0.05) is 35.3 Å². The van der Waals surface area contributed by atoms with E-state index in [1.54, 1.807) is 12.1 Å². The van der Waals surface area contributed by atoms with Crippen molar-refractivity contribution >= 4 is 17.6 Å². The second-order valence-corrected chi connectivity index (χ2v) is 11.6. The molecule has 1 aromatic heterocycles. The molecule has 0 spiro atoms. The van der Waals surface area contributed by atoms with Crippen molar-refractivity contribution in [2.24, 2.45) is 0 Å². The second-order valence-electron chi connectivity index (χ2n) is 11.6. The van der Waals surface area contributed by atoms with E-state index in [4.69, 9.17) is 0 Å². The predicted molar refractivity (Wildman–Crippen MR) is 158 cm³/mol. The van der Waals surface area contributed by atoms with Crippen molar-refractivity contribution in [3.8, 4) is 17.0 Å². The first-order chi connectivity index (χ1) is 19.1. The summed E-state index contributed by atoms with van der Waals surface area (Å²) in [6.07, 6.45) is 3.13. The number of carbonyl (C=O) groups excluding carboxylic acids is 2. The number of nitrogens with zero attached hydrogens (tertiary/aromatic N) is 2. The van der Waals surface area contributed by atoms with Crippen LogP contribution in [0.15, 0.2) is 72.8 Å². The summed E-state index contributed by atoms with van der Waals surface area (Å²) >= 11 is 0. The Kier molecular flexibility index (Phi) is 7.48. The van der Waals surface area contributed by atoms with E-state index in [9.17, 15) is 14.7 Å².